The lowest BCUT2D eigenvalue weighted by molar-refractivity contribution is 0.233. The fraction of sp³-hybridized carbons (Fsp3) is 1.00. The van der Waals surface area contributed by atoms with Crippen molar-refractivity contribution in [2.45, 2.75) is 69.6 Å². The summed E-state index contributed by atoms with van der Waals surface area (Å²) in [5.74, 6) is 3.18. The third kappa shape index (κ3) is 3.16. The molecule has 2 unspecified atom stereocenters. The van der Waals surface area contributed by atoms with Crippen LogP contribution in [0.15, 0.2) is 0 Å². The summed E-state index contributed by atoms with van der Waals surface area (Å²) >= 11 is 2.15. The van der Waals surface area contributed by atoms with Crippen molar-refractivity contribution < 1.29 is 0 Å². The van der Waals surface area contributed by atoms with E-state index >= 15 is 0 Å². The molecule has 1 aliphatic heterocycles. The van der Waals surface area contributed by atoms with Crippen LogP contribution in [0.3, 0.4) is 0 Å². The number of hydrogen-bond acceptors (Lipinski definition) is 2. The summed E-state index contributed by atoms with van der Waals surface area (Å²) in [6, 6.07) is 0.489. The molecule has 1 heterocycles. The van der Waals surface area contributed by atoms with E-state index < -0.39 is 0 Å². The molecule has 1 saturated carbocycles. The maximum absolute atomic E-state index is 6.49. The Hall–Kier alpha value is 0.310. The van der Waals surface area contributed by atoms with Gasteiger partial charge in [-0.05, 0) is 43.3 Å². The zero-order chi connectivity index (χ0) is 11.4. The Morgan fingerprint density at radius 3 is 2.44 bits per heavy atom. The Morgan fingerprint density at radius 1 is 1.12 bits per heavy atom. The van der Waals surface area contributed by atoms with E-state index in [0.29, 0.717) is 6.04 Å². The SMILES string of the molecule is CCC1CCC(C(N)C2CCCCS2)CC1. The molecule has 0 amide bonds. The van der Waals surface area contributed by atoms with E-state index in [0.717, 1.165) is 17.1 Å². The van der Waals surface area contributed by atoms with Crippen molar-refractivity contribution in [3.8, 4) is 0 Å². The van der Waals surface area contributed by atoms with Gasteiger partial charge in [0, 0.05) is 11.3 Å². The Labute approximate surface area is 105 Å². The van der Waals surface area contributed by atoms with Crippen LogP contribution in [-0.4, -0.2) is 17.0 Å². The van der Waals surface area contributed by atoms with Crippen LogP contribution in [0.25, 0.3) is 0 Å². The molecular weight excluding hydrogens is 214 g/mol. The minimum absolute atomic E-state index is 0.489. The Balaban J connectivity index is 1.78. The molecule has 1 saturated heterocycles. The molecule has 2 fully saturated rings. The number of rotatable bonds is 3. The van der Waals surface area contributed by atoms with Crippen LogP contribution in [0, 0.1) is 11.8 Å². The van der Waals surface area contributed by atoms with Gasteiger partial charge in [0.1, 0.15) is 0 Å². The van der Waals surface area contributed by atoms with Crippen molar-refractivity contribution in [1.82, 2.24) is 0 Å². The molecule has 16 heavy (non-hydrogen) atoms. The molecular formula is C14H27NS. The third-order valence-corrected chi connectivity index (χ3v) is 6.16. The fourth-order valence-electron chi connectivity index (χ4n) is 3.35. The number of thioether (sulfide) groups is 1. The van der Waals surface area contributed by atoms with Crippen molar-refractivity contribution in [1.29, 1.82) is 0 Å². The second-order valence-corrected chi connectivity index (χ2v) is 7.02. The molecule has 2 rings (SSSR count). The summed E-state index contributed by atoms with van der Waals surface area (Å²) in [5.41, 5.74) is 6.49. The molecule has 1 nitrogen and oxygen atoms in total. The summed E-state index contributed by atoms with van der Waals surface area (Å²) in [6.07, 6.45) is 11.2. The first-order valence-corrected chi connectivity index (χ1v) is 8.23. The largest absolute Gasteiger partial charge is 0.326 e. The lowest BCUT2D eigenvalue weighted by atomic mass is 9.76. The van der Waals surface area contributed by atoms with Gasteiger partial charge in [-0.3, -0.25) is 0 Å². The summed E-state index contributed by atoms with van der Waals surface area (Å²) in [7, 11) is 0. The van der Waals surface area contributed by atoms with Gasteiger partial charge in [-0.25, -0.2) is 0 Å². The first kappa shape index (κ1) is 12.8. The van der Waals surface area contributed by atoms with Crippen molar-refractivity contribution in [3.63, 3.8) is 0 Å². The van der Waals surface area contributed by atoms with Crippen LogP contribution >= 0.6 is 11.8 Å². The van der Waals surface area contributed by atoms with Gasteiger partial charge >= 0.3 is 0 Å². The molecule has 2 aliphatic rings. The lowest BCUT2D eigenvalue weighted by Crippen LogP contribution is -2.42. The first-order valence-electron chi connectivity index (χ1n) is 7.18. The average molecular weight is 241 g/mol. The van der Waals surface area contributed by atoms with E-state index in [1.54, 1.807) is 0 Å². The highest BCUT2D eigenvalue weighted by molar-refractivity contribution is 8.00. The van der Waals surface area contributed by atoms with Crippen LogP contribution in [0.4, 0.5) is 0 Å². The molecule has 0 radical (unpaired) electrons. The van der Waals surface area contributed by atoms with Crippen molar-refractivity contribution in [3.05, 3.63) is 0 Å². The Bertz CT molecular complexity index is 193. The van der Waals surface area contributed by atoms with E-state index in [2.05, 4.69) is 18.7 Å². The van der Waals surface area contributed by atoms with Gasteiger partial charge in [0.05, 0.1) is 0 Å². The van der Waals surface area contributed by atoms with Crippen LogP contribution in [-0.2, 0) is 0 Å². The third-order valence-electron chi connectivity index (χ3n) is 4.66. The Morgan fingerprint density at radius 2 is 1.88 bits per heavy atom. The van der Waals surface area contributed by atoms with Gasteiger partial charge in [0.15, 0.2) is 0 Å². The van der Waals surface area contributed by atoms with Gasteiger partial charge in [-0.1, -0.05) is 32.6 Å². The number of hydrogen-bond donors (Lipinski definition) is 1. The smallest absolute Gasteiger partial charge is 0.0201 e. The monoisotopic (exact) mass is 241 g/mol. The van der Waals surface area contributed by atoms with Gasteiger partial charge < -0.3 is 5.73 Å². The van der Waals surface area contributed by atoms with Crippen LogP contribution in [0.1, 0.15) is 58.3 Å². The molecule has 2 N–H and O–H groups in total. The van der Waals surface area contributed by atoms with Crippen molar-refractivity contribution >= 4 is 11.8 Å². The summed E-state index contributed by atoms with van der Waals surface area (Å²) in [6.45, 7) is 2.34. The number of nitrogens with two attached hydrogens (primary N) is 1. The zero-order valence-electron chi connectivity index (χ0n) is 10.7. The van der Waals surface area contributed by atoms with Gasteiger partial charge in [0.25, 0.3) is 0 Å². The van der Waals surface area contributed by atoms with Crippen molar-refractivity contribution in [2.24, 2.45) is 17.6 Å². The minimum Gasteiger partial charge on any atom is -0.326 e. The van der Waals surface area contributed by atoms with Crippen LogP contribution < -0.4 is 5.73 Å². The first-order chi connectivity index (χ1) is 7.81. The average Bonchev–Trinajstić information content (AvgIpc) is 2.39. The molecule has 2 atom stereocenters. The summed E-state index contributed by atoms with van der Waals surface area (Å²) < 4.78 is 0. The molecule has 0 aromatic heterocycles. The highest BCUT2D eigenvalue weighted by atomic mass is 32.2. The zero-order valence-corrected chi connectivity index (χ0v) is 11.5. The van der Waals surface area contributed by atoms with E-state index in [1.807, 2.05) is 0 Å². The topological polar surface area (TPSA) is 26.0 Å². The standard InChI is InChI=1S/C14H27NS/c1-2-11-6-8-12(9-7-11)14(15)13-5-3-4-10-16-13/h11-14H,2-10,15H2,1H3. The Kier molecular flexibility index (Phi) is 5.02. The maximum atomic E-state index is 6.49. The normalized spacial score (nSPS) is 38.2. The second kappa shape index (κ2) is 6.30. The summed E-state index contributed by atoms with van der Waals surface area (Å²) in [4.78, 5) is 0. The predicted molar refractivity (Wildman–Crippen MR) is 73.8 cm³/mol. The van der Waals surface area contributed by atoms with Gasteiger partial charge in [-0.15, -0.1) is 0 Å². The lowest BCUT2D eigenvalue weighted by Gasteiger charge is -2.36. The molecule has 94 valence electrons. The highest BCUT2D eigenvalue weighted by Crippen LogP contribution is 2.37. The summed E-state index contributed by atoms with van der Waals surface area (Å²) in [5, 5.41) is 0.775. The fourth-order valence-corrected chi connectivity index (χ4v) is 4.81. The predicted octanol–water partition coefficient (Wildman–Crippen LogP) is 3.82. The van der Waals surface area contributed by atoms with E-state index in [4.69, 9.17) is 5.73 Å². The molecule has 0 aromatic carbocycles. The molecule has 1 aliphatic carbocycles. The minimum atomic E-state index is 0.489. The van der Waals surface area contributed by atoms with E-state index in [-0.39, 0.29) is 0 Å². The van der Waals surface area contributed by atoms with Crippen LogP contribution in [0.2, 0.25) is 0 Å². The molecule has 0 bridgehead atoms. The maximum Gasteiger partial charge on any atom is 0.0201 e. The van der Waals surface area contributed by atoms with Gasteiger partial charge in [-0.2, -0.15) is 11.8 Å². The highest BCUT2D eigenvalue weighted by Gasteiger charge is 2.30. The van der Waals surface area contributed by atoms with Crippen molar-refractivity contribution in [2.75, 3.05) is 5.75 Å². The molecule has 2 heteroatoms. The van der Waals surface area contributed by atoms with Crippen LogP contribution in [0.5, 0.6) is 0 Å². The van der Waals surface area contributed by atoms with Gasteiger partial charge in [0.2, 0.25) is 0 Å². The second-order valence-electron chi connectivity index (χ2n) is 5.67. The molecule has 0 spiro atoms. The quantitative estimate of drug-likeness (QED) is 0.813. The van der Waals surface area contributed by atoms with E-state index in [1.165, 1.54) is 57.1 Å². The van der Waals surface area contributed by atoms with E-state index in [9.17, 15) is 0 Å². The molecule has 0 aromatic rings.